The van der Waals surface area contributed by atoms with Gasteiger partial charge in [0.15, 0.2) is 0 Å². The monoisotopic (exact) mass is 233 g/mol. The van der Waals surface area contributed by atoms with E-state index in [0.717, 1.165) is 5.69 Å². The minimum Gasteiger partial charge on any atom is -0.344 e. The summed E-state index contributed by atoms with van der Waals surface area (Å²) in [7, 11) is 1.86. The molecule has 0 spiro atoms. The van der Waals surface area contributed by atoms with Crippen molar-refractivity contribution in [1.82, 2.24) is 25.1 Å². The summed E-state index contributed by atoms with van der Waals surface area (Å²) in [5, 5.41) is 9.34. The zero-order chi connectivity index (χ0) is 12.4. The Bertz CT molecular complexity index is 514. The highest BCUT2D eigenvalue weighted by Crippen LogP contribution is 2.09. The quantitative estimate of drug-likeness (QED) is 0.828. The lowest BCUT2D eigenvalue weighted by Gasteiger charge is -2.11. The fourth-order valence-electron chi connectivity index (χ4n) is 1.60. The Labute approximate surface area is 99.1 Å². The first-order valence-electron chi connectivity index (χ1n) is 5.38. The van der Waals surface area contributed by atoms with Gasteiger partial charge in [-0.2, -0.15) is 5.10 Å². The van der Waals surface area contributed by atoms with Gasteiger partial charge in [0.25, 0.3) is 5.91 Å². The molecule has 0 saturated heterocycles. The van der Waals surface area contributed by atoms with Crippen LogP contribution >= 0.6 is 0 Å². The summed E-state index contributed by atoms with van der Waals surface area (Å²) >= 11 is 0. The highest BCUT2D eigenvalue weighted by atomic mass is 16.2. The molecule has 6 heteroatoms. The van der Waals surface area contributed by atoms with Crippen molar-refractivity contribution < 1.29 is 4.79 Å². The van der Waals surface area contributed by atoms with Crippen molar-refractivity contribution in [2.45, 2.75) is 19.9 Å². The van der Waals surface area contributed by atoms with Crippen molar-refractivity contribution in [3.8, 4) is 0 Å². The van der Waals surface area contributed by atoms with E-state index >= 15 is 0 Å². The summed E-state index contributed by atoms with van der Waals surface area (Å²) in [6, 6.07) is 3.52. The van der Waals surface area contributed by atoms with E-state index in [1.54, 1.807) is 6.07 Å². The van der Waals surface area contributed by atoms with Crippen LogP contribution < -0.4 is 5.32 Å². The van der Waals surface area contributed by atoms with E-state index in [2.05, 4.69) is 20.5 Å². The maximum atomic E-state index is 12.0. The van der Waals surface area contributed by atoms with E-state index < -0.39 is 0 Å². The Kier molecular flexibility index (Phi) is 2.95. The zero-order valence-electron chi connectivity index (χ0n) is 10.1. The van der Waals surface area contributed by atoms with Gasteiger partial charge in [-0.05, 0) is 26.0 Å². The minimum absolute atomic E-state index is 0.121. The third-order valence-corrected chi connectivity index (χ3v) is 2.80. The maximum absolute atomic E-state index is 12.0. The second-order valence-corrected chi connectivity index (χ2v) is 3.98. The van der Waals surface area contributed by atoms with Crippen LogP contribution in [-0.2, 0) is 7.05 Å². The zero-order valence-corrected chi connectivity index (χ0v) is 10.1. The molecule has 1 amide bonds. The average Bonchev–Trinajstić information content (AvgIpc) is 2.90. The molecule has 0 aliphatic carbocycles. The van der Waals surface area contributed by atoms with Gasteiger partial charge in [0.2, 0.25) is 0 Å². The van der Waals surface area contributed by atoms with Crippen LogP contribution in [0.2, 0.25) is 0 Å². The Balaban J connectivity index is 2.10. The molecular formula is C11H15N5O. The van der Waals surface area contributed by atoms with Crippen LogP contribution in [-0.4, -0.2) is 25.7 Å². The van der Waals surface area contributed by atoms with Crippen LogP contribution in [0, 0.1) is 6.92 Å². The van der Waals surface area contributed by atoms with Crippen LogP contribution in [0.5, 0.6) is 0 Å². The Morgan fingerprint density at radius 3 is 2.82 bits per heavy atom. The molecular weight excluding hydrogens is 218 g/mol. The van der Waals surface area contributed by atoms with E-state index in [1.807, 2.05) is 31.5 Å². The molecule has 0 bridgehead atoms. The van der Waals surface area contributed by atoms with Crippen LogP contribution in [0.3, 0.4) is 0 Å². The summed E-state index contributed by atoms with van der Waals surface area (Å²) in [6.07, 6.45) is 1.42. The number of nitrogens with zero attached hydrogens (tertiary/aromatic N) is 3. The molecule has 2 aromatic rings. The van der Waals surface area contributed by atoms with Crippen LogP contribution in [0.1, 0.15) is 35.0 Å². The van der Waals surface area contributed by atoms with Crippen molar-refractivity contribution in [2.24, 2.45) is 7.05 Å². The van der Waals surface area contributed by atoms with E-state index in [9.17, 15) is 4.79 Å². The smallest absolute Gasteiger partial charge is 0.268 e. The number of carbonyl (C=O) groups is 1. The number of hydrogen-bond acceptors (Lipinski definition) is 3. The second kappa shape index (κ2) is 4.40. The number of hydrogen-bond donors (Lipinski definition) is 2. The molecule has 17 heavy (non-hydrogen) atoms. The first kappa shape index (κ1) is 11.4. The number of aromatic amines is 1. The van der Waals surface area contributed by atoms with Gasteiger partial charge in [0.1, 0.15) is 17.8 Å². The Morgan fingerprint density at radius 1 is 1.53 bits per heavy atom. The lowest BCUT2D eigenvalue weighted by molar-refractivity contribution is 0.0930. The van der Waals surface area contributed by atoms with Crippen molar-refractivity contribution in [3.05, 3.63) is 35.7 Å². The molecule has 6 nitrogen and oxygen atoms in total. The molecule has 0 radical (unpaired) electrons. The van der Waals surface area contributed by atoms with Crippen molar-refractivity contribution in [2.75, 3.05) is 0 Å². The highest BCUT2D eigenvalue weighted by molar-refractivity contribution is 5.93. The van der Waals surface area contributed by atoms with Crippen LogP contribution in [0.25, 0.3) is 0 Å². The van der Waals surface area contributed by atoms with E-state index in [4.69, 9.17) is 0 Å². The summed E-state index contributed by atoms with van der Waals surface area (Å²) in [5.41, 5.74) is 1.68. The number of aryl methyl sites for hydroxylation is 1. The van der Waals surface area contributed by atoms with Crippen molar-refractivity contribution in [1.29, 1.82) is 0 Å². The Hall–Kier alpha value is -2.11. The topological polar surface area (TPSA) is 75.6 Å². The van der Waals surface area contributed by atoms with Gasteiger partial charge in [-0.3, -0.25) is 9.89 Å². The molecule has 0 aliphatic rings. The molecule has 2 rings (SSSR count). The summed E-state index contributed by atoms with van der Waals surface area (Å²) in [4.78, 5) is 16.0. The number of amides is 1. The lowest BCUT2D eigenvalue weighted by Crippen LogP contribution is -2.29. The van der Waals surface area contributed by atoms with Crippen LogP contribution in [0.15, 0.2) is 18.5 Å². The SMILES string of the molecule is Cc1ccc(C(=O)NC(C)c2ncn[nH]2)n1C. The van der Waals surface area contributed by atoms with E-state index in [1.165, 1.54) is 6.33 Å². The number of aromatic nitrogens is 4. The third-order valence-electron chi connectivity index (χ3n) is 2.80. The predicted octanol–water partition coefficient (Wildman–Crippen LogP) is 0.943. The van der Waals surface area contributed by atoms with Crippen molar-refractivity contribution >= 4 is 5.91 Å². The summed E-state index contributed by atoms with van der Waals surface area (Å²) in [6.45, 7) is 3.81. The van der Waals surface area contributed by atoms with E-state index in [0.29, 0.717) is 11.5 Å². The number of nitrogens with one attached hydrogen (secondary N) is 2. The molecule has 1 atom stereocenters. The van der Waals surface area contributed by atoms with Gasteiger partial charge in [0.05, 0.1) is 6.04 Å². The van der Waals surface area contributed by atoms with Gasteiger partial charge in [-0.1, -0.05) is 0 Å². The largest absolute Gasteiger partial charge is 0.344 e. The molecule has 0 aliphatic heterocycles. The highest BCUT2D eigenvalue weighted by Gasteiger charge is 2.15. The maximum Gasteiger partial charge on any atom is 0.268 e. The number of H-pyrrole nitrogens is 1. The average molecular weight is 233 g/mol. The predicted molar refractivity (Wildman–Crippen MR) is 62.4 cm³/mol. The second-order valence-electron chi connectivity index (χ2n) is 3.98. The van der Waals surface area contributed by atoms with Gasteiger partial charge in [0, 0.05) is 12.7 Å². The number of carbonyl (C=O) groups excluding carboxylic acids is 1. The molecule has 2 heterocycles. The Morgan fingerprint density at radius 2 is 2.29 bits per heavy atom. The molecule has 90 valence electrons. The number of rotatable bonds is 3. The van der Waals surface area contributed by atoms with Gasteiger partial charge in [-0.15, -0.1) is 0 Å². The fraction of sp³-hybridized carbons (Fsp3) is 0.364. The minimum atomic E-state index is -0.194. The lowest BCUT2D eigenvalue weighted by atomic mass is 10.3. The molecule has 2 aromatic heterocycles. The fourth-order valence-corrected chi connectivity index (χ4v) is 1.60. The van der Waals surface area contributed by atoms with Gasteiger partial charge < -0.3 is 9.88 Å². The third kappa shape index (κ3) is 2.20. The van der Waals surface area contributed by atoms with Crippen LogP contribution in [0.4, 0.5) is 0 Å². The molecule has 0 saturated carbocycles. The summed E-state index contributed by atoms with van der Waals surface area (Å²) < 4.78 is 1.85. The normalized spacial score (nSPS) is 12.4. The first-order chi connectivity index (χ1) is 8.09. The van der Waals surface area contributed by atoms with Gasteiger partial charge in [-0.25, -0.2) is 4.98 Å². The van der Waals surface area contributed by atoms with E-state index in [-0.39, 0.29) is 11.9 Å². The first-order valence-corrected chi connectivity index (χ1v) is 5.38. The molecule has 0 fully saturated rings. The van der Waals surface area contributed by atoms with Gasteiger partial charge >= 0.3 is 0 Å². The molecule has 2 N–H and O–H groups in total. The summed E-state index contributed by atoms with van der Waals surface area (Å²) in [5.74, 6) is 0.522. The van der Waals surface area contributed by atoms with Crippen molar-refractivity contribution in [3.63, 3.8) is 0 Å². The standard InChI is InChI=1S/C11H15N5O/c1-7-4-5-9(16(7)3)11(17)14-8(2)10-12-6-13-15-10/h4-6,8H,1-3H3,(H,14,17)(H,12,13,15). The molecule has 1 unspecified atom stereocenters. The molecule has 0 aromatic carbocycles.